The van der Waals surface area contributed by atoms with E-state index in [1.165, 1.54) is 6.07 Å². The van der Waals surface area contributed by atoms with Gasteiger partial charge in [-0.15, -0.1) is 0 Å². The number of hydrogen-bond acceptors (Lipinski definition) is 4. The summed E-state index contributed by atoms with van der Waals surface area (Å²) in [5, 5.41) is 21.0. The van der Waals surface area contributed by atoms with Gasteiger partial charge in [0.2, 0.25) is 0 Å². The van der Waals surface area contributed by atoms with Crippen LogP contribution in [-0.2, 0) is 0 Å². The standard InChI is InChI=1S/C13H17ClN2O3/c14-10-5-6-12(13(8-10)16(18)19)15-7-3-1-2-4-11(15)9-17/h5-6,8,11,17H,1-4,7,9H2. The summed E-state index contributed by atoms with van der Waals surface area (Å²) >= 11 is 5.83. The van der Waals surface area contributed by atoms with E-state index in [0.717, 1.165) is 32.2 Å². The molecule has 1 aliphatic heterocycles. The molecule has 0 amide bonds. The van der Waals surface area contributed by atoms with E-state index in [9.17, 15) is 15.2 Å². The maximum absolute atomic E-state index is 11.2. The highest BCUT2D eigenvalue weighted by molar-refractivity contribution is 6.30. The predicted molar refractivity (Wildman–Crippen MR) is 74.8 cm³/mol. The number of nitrogens with zero attached hydrogens (tertiary/aromatic N) is 2. The largest absolute Gasteiger partial charge is 0.394 e. The number of anilines is 1. The Hall–Kier alpha value is -1.33. The smallest absolute Gasteiger partial charge is 0.294 e. The minimum atomic E-state index is -0.416. The molecule has 1 heterocycles. The van der Waals surface area contributed by atoms with Crippen LogP contribution >= 0.6 is 11.6 Å². The molecule has 0 aromatic heterocycles. The van der Waals surface area contributed by atoms with Crippen molar-refractivity contribution < 1.29 is 10.0 Å². The average molecular weight is 285 g/mol. The molecule has 2 rings (SSSR count). The summed E-state index contributed by atoms with van der Waals surface area (Å²) in [4.78, 5) is 12.7. The highest BCUT2D eigenvalue weighted by Crippen LogP contribution is 2.34. The predicted octanol–water partition coefficient (Wildman–Crippen LogP) is 2.99. The molecule has 1 aliphatic rings. The third-order valence-corrected chi connectivity index (χ3v) is 3.77. The van der Waals surface area contributed by atoms with Crippen LogP contribution in [0.2, 0.25) is 5.02 Å². The third-order valence-electron chi connectivity index (χ3n) is 3.53. The van der Waals surface area contributed by atoms with Gasteiger partial charge in [-0.1, -0.05) is 24.4 Å². The Morgan fingerprint density at radius 2 is 2.21 bits per heavy atom. The lowest BCUT2D eigenvalue weighted by atomic mass is 10.1. The lowest BCUT2D eigenvalue weighted by Crippen LogP contribution is -2.37. The molecule has 1 fully saturated rings. The van der Waals surface area contributed by atoms with E-state index in [1.54, 1.807) is 12.1 Å². The number of aliphatic hydroxyl groups excluding tert-OH is 1. The monoisotopic (exact) mass is 284 g/mol. The second-order valence-corrected chi connectivity index (χ2v) is 5.21. The van der Waals surface area contributed by atoms with Crippen molar-refractivity contribution in [2.45, 2.75) is 31.7 Å². The molecule has 6 heteroatoms. The Morgan fingerprint density at radius 1 is 1.42 bits per heavy atom. The van der Waals surface area contributed by atoms with Gasteiger partial charge in [0.1, 0.15) is 5.69 Å². The number of hydrogen-bond donors (Lipinski definition) is 1. The first-order valence-electron chi connectivity index (χ1n) is 6.45. The van der Waals surface area contributed by atoms with Gasteiger partial charge in [-0.3, -0.25) is 10.1 Å². The van der Waals surface area contributed by atoms with E-state index in [1.807, 2.05) is 4.90 Å². The van der Waals surface area contributed by atoms with E-state index in [-0.39, 0.29) is 18.3 Å². The van der Waals surface area contributed by atoms with E-state index in [4.69, 9.17) is 11.6 Å². The van der Waals surface area contributed by atoms with Crippen LogP contribution in [0.5, 0.6) is 0 Å². The molecule has 1 saturated heterocycles. The second-order valence-electron chi connectivity index (χ2n) is 4.77. The Labute approximate surface area is 116 Å². The maximum atomic E-state index is 11.2. The molecule has 5 nitrogen and oxygen atoms in total. The highest BCUT2D eigenvalue weighted by atomic mass is 35.5. The van der Waals surface area contributed by atoms with Gasteiger partial charge in [0, 0.05) is 17.6 Å². The zero-order valence-corrected chi connectivity index (χ0v) is 11.3. The second kappa shape index (κ2) is 6.21. The zero-order chi connectivity index (χ0) is 13.8. The van der Waals surface area contributed by atoms with Crippen molar-refractivity contribution in [3.05, 3.63) is 33.3 Å². The van der Waals surface area contributed by atoms with E-state index < -0.39 is 4.92 Å². The van der Waals surface area contributed by atoms with Crippen LogP contribution in [0.25, 0.3) is 0 Å². The first-order chi connectivity index (χ1) is 9.13. The van der Waals surface area contributed by atoms with Gasteiger partial charge >= 0.3 is 0 Å². The lowest BCUT2D eigenvalue weighted by Gasteiger charge is -2.30. The van der Waals surface area contributed by atoms with E-state index in [0.29, 0.717) is 10.7 Å². The van der Waals surface area contributed by atoms with Crippen LogP contribution in [0.4, 0.5) is 11.4 Å². The summed E-state index contributed by atoms with van der Waals surface area (Å²) in [6.45, 7) is 0.744. The maximum Gasteiger partial charge on any atom is 0.294 e. The number of nitro groups is 1. The molecule has 0 radical (unpaired) electrons. The summed E-state index contributed by atoms with van der Waals surface area (Å²) in [6.07, 6.45) is 3.98. The molecular formula is C13H17ClN2O3. The SMILES string of the molecule is O=[N+]([O-])c1cc(Cl)ccc1N1CCCCCC1CO. The summed E-state index contributed by atoms with van der Waals surface area (Å²) in [7, 11) is 0. The number of rotatable bonds is 3. The normalized spacial score (nSPS) is 20.1. The fourth-order valence-corrected chi connectivity index (χ4v) is 2.74. The van der Waals surface area contributed by atoms with Gasteiger partial charge in [0.25, 0.3) is 5.69 Å². The summed E-state index contributed by atoms with van der Waals surface area (Å²) in [5.41, 5.74) is 0.559. The van der Waals surface area contributed by atoms with Crippen LogP contribution in [0.3, 0.4) is 0 Å². The van der Waals surface area contributed by atoms with Crippen molar-refractivity contribution in [1.82, 2.24) is 0 Å². The van der Waals surface area contributed by atoms with Crippen molar-refractivity contribution in [3.63, 3.8) is 0 Å². The Bertz CT molecular complexity index is 467. The molecule has 1 aromatic carbocycles. The van der Waals surface area contributed by atoms with Crippen molar-refractivity contribution in [1.29, 1.82) is 0 Å². The van der Waals surface area contributed by atoms with Crippen LogP contribution in [0.15, 0.2) is 18.2 Å². The average Bonchev–Trinajstić information content (AvgIpc) is 2.63. The zero-order valence-electron chi connectivity index (χ0n) is 10.6. The van der Waals surface area contributed by atoms with Crippen LogP contribution in [0.1, 0.15) is 25.7 Å². The van der Waals surface area contributed by atoms with Crippen LogP contribution in [0, 0.1) is 10.1 Å². The Kier molecular flexibility index (Phi) is 4.61. The van der Waals surface area contributed by atoms with Crippen LogP contribution in [-0.4, -0.2) is 29.2 Å². The number of nitro benzene ring substituents is 1. The van der Waals surface area contributed by atoms with Crippen molar-refractivity contribution >= 4 is 23.0 Å². The van der Waals surface area contributed by atoms with Gasteiger partial charge in [-0.05, 0) is 25.0 Å². The summed E-state index contributed by atoms with van der Waals surface area (Å²) < 4.78 is 0. The molecule has 0 aliphatic carbocycles. The van der Waals surface area contributed by atoms with Gasteiger partial charge in [0.15, 0.2) is 0 Å². The molecular weight excluding hydrogens is 268 g/mol. The van der Waals surface area contributed by atoms with Gasteiger partial charge in [0.05, 0.1) is 17.6 Å². The molecule has 19 heavy (non-hydrogen) atoms. The quantitative estimate of drug-likeness (QED) is 0.684. The molecule has 1 unspecified atom stereocenters. The Morgan fingerprint density at radius 3 is 2.89 bits per heavy atom. The minimum absolute atomic E-state index is 0.00727. The lowest BCUT2D eigenvalue weighted by molar-refractivity contribution is -0.384. The van der Waals surface area contributed by atoms with Gasteiger partial charge in [-0.25, -0.2) is 0 Å². The molecule has 104 valence electrons. The Balaban J connectivity index is 2.40. The number of halogens is 1. The van der Waals surface area contributed by atoms with Crippen LogP contribution < -0.4 is 4.90 Å². The molecule has 1 aromatic rings. The summed E-state index contributed by atoms with van der Waals surface area (Å²) in [6, 6.07) is 4.65. The van der Waals surface area contributed by atoms with Gasteiger partial charge < -0.3 is 10.0 Å². The number of aliphatic hydroxyl groups is 1. The molecule has 1 N–H and O–H groups in total. The fourth-order valence-electron chi connectivity index (χ4n) is 2.57. The topological polar surface area (TPSA) is 66.6 Å². The van der Waals surface area contributed by atoms with Crippen molar-refractivity contribution in [3.8, 4) is 0 Å². The molecule has 0 spiro atoms. The van der Waals surface area contributed by atoms with Gasteiger partial charge in [-0.2, -0.15) is 0 Å². The third kappa shape index (κ3) is 3.16. The molecule has 0 bridgehead atoms. The van der Waals surface area contributed by atoms with Crippen molar-refractivity contribution in [2.24, 2.45) is 0 Å². The summed E-state index contributed by atoms with van der Waals surface area (Å²) in [5.74, 6) is 0. The number of benzene rings is 1. The highest BCUT2D eigenvalue weighted by Gasteiger charge is 2.26. The fraction of sp³-hybridized carbons (Fsp3) is 0.538. The van der Waals surface area contributed by atoms with E-state index in [2.05, 4.69) is 0 Å². The molecule has 0 saturated carbocycles. The first-order valence-corrected chi connectivity index (χ1v) is 6.82. The minimum Gasteiger partial charge on any atom is -0.394 e. The van der Waals surface area contributed by atoms with Crippen molar-refractivity contribution in [2.75, 3.05) is 18.1 Å². The molecule has 1 atom stereocenters. The first kappa shape index (κ1) is 14.1. The van der Waals surface area contributed by atoms with E-state index >= 15 is 0 Å².